The number of ether oxygens (including phenoxy) is 1. The number of hydrogen-bond donors (Lipinski definition) is 0. The lowest BCUT2D eigenvalue weighted by Crippen LogP contribution is -2.22. The Morgan fingerprint density at radius 3 is 2.63 bits per heavy atom. The summed E-state index contributed by atoms with van der Waals surface area (Å²) in [6.07, 6.45) is 1.52. The van der Waals surface area contributed by atoms with Crippen LogP contribution in [-0.4, -0.2) is 47.3 Å². The van der Waals surface area contributed by atoms with Gasteiger partial charge in [-0.15, -0.1) is 0 Å². The summed E-state index contributed by atoms with van der Waals surface area (Å²) in [5.41, 5.74) is 1.53. The molecule has 3 aromatic rings. The maximum atomic E-state index is 12.3. The van der Waals surface area contributed by atoms with Crippen LogP contribution in [0.5, 0.6) is 0 Å². The summed E-state index contributed by atoms with van der Waals surface area (Å²) >= 11 is 0. The molecule has 0 saturated heterocycles. The molecule has 2 heterocycles. The number of hydrogen-bond acceptors (Lipinski definition) is 6. The van der Waals surface area contributed by atoms with E-state index in [2.05, 4.69) is 9.97 Å². The van der Waals surface area contributed by atoms with E-state index < -0.39 is 16.0 Å². The van der Waals surface area contributed by atoms with Gasteiger partial charge in [0.25, 0.3) is 0 Å². The van der Waals surface area contributed by atoms with Crippen molar-refractivity contribution in [1.82, 2.24) is 18.8 Å². The fourth-order valence-electron chi connectivity index (χ4n) is 2.68. The molecular weight excluding hydrogens is 368 g/mol. The van der Waals surface area contributed by atoms with E-state index in [0.717, 1.165) is 9.82 Å². The number of carbonyl (C=O) groups is 1. The summed E-state index contributed by atoms with van der Waals surface area (Å²) < 4.78 is 33.0. The molecule has 0 unspecified atom stereocenters. The molecule has 0 atom stereocenters. The minimum Gasteiger partial charge on any atom is -0.453 e. The van der Waals surface area contributed by atoms with Gasteiger partial charge in [0.2, 0.25) is 10.0 Å². The number of aromatic nitrogens is 3. The number of carbonyl (C=O) groups excluding carboxylic acids is 1. The van der Waals surface area contributed by atoms with Crippen molar-refractivity contribution in [3.05, 3.63) is 54.1 Å². The first-order valence-corrected chi connectivity index (χ1v) is 9.78. The second-order valence-corrected chi connectivity index (χ2v) is 8.15. The molecule has 1 aromatic carbocycles. The number of benzene rings is 1. The summed E-state index contributed by atoms with van der Waals surface area (Å²) in [6.45, 7) is 2.51. The van der Waals surface area contributed by atoms with Gasteiger partial charge in [-0.2, -0.15) is 0 Å². The SMILES string of the molecule is CCn1c(COC(=O)c2ccccn2)nc2cc(S(=O)(=O)N(C)C)ccc21. The monoisotopic (exact) mass is 388 g/mol. The van der Waals surface area contributed by atoms with E-state index in [1.54, 1.807) is 30.3 Å². The second kappa shape index (κ2) is 7.45. The highest BCUT2D eigenvalue weighted by Gasteiger charge is 2.20. The summed E-state index contributed by atoms with van der Waals surface area (Å²) in [7, 11) is -0.592. The summed E-state index contributed by atoms with van der Waals surface area (Å²) in [4.78, 5) is 20.7. The first-order chi connectivity index (χ1) is 12.8. The number of fused-ring (bicyclic) bond motifs is 1. The van der Waals surface area contributed by atoms with Crippen molar-refractivity contribution in [2.45, 2.75) is 25.0 Å². The third-order valence-electron chi connectivity index (χ3n) is 4.10. The second-order valence-electron chi connectivity index (χ2n) is 6.00. The van der Waals surface area contributed by atoms with Crippen LogP contribution in [0.15, 0.2) is 47.5 Å². The Labute approximate surface area is 157 Å². The highest BCUT2D eigenvalue weighted by atomic mass is 32.2. The molecule has 0 aliphatic rings. The van der Waals surface area contributed by atoms with Crippen molar-refractivity contribution in [3.8, 4) is 0 Å². The number of sulfonamides is 1. The average molecular weight is 388 g/mol. The van der Waals surface area contributed by atoms with Gasteiger partial charge in [-0.25, -0.2) is 27.5 Å². The Morgan fingerprint density at radius 1 is 1.22 bits per heavy atom. The zero-order valence-electron chi connectivity index (χ0n) is 15.3. The number of pyridine rings is 1. The standard InChI is InChI=1S/C18H20N4O4S/c1-4-22-16-9-8-13(27(24,25)21(2)3)11-15(16)20-17(22)12-26-18(23)14-7-5-6-10-19-14/h5-11H,4,12H2,1-3H3. The van der Waals surface area contributed by atoms with Gasteiger partial charge in [-0.3, -0.25) is 0 Å². The first-order valence-electron chi connectivity index (χ1n) is 8.34. The lowest BCUT2D eigenvalue weighted by Gasteiger charge is -2.11. The zero-order valence-corrected chi connectivity index (χ0v) is 16.1. The van der Waals surface area contributed by atoms with Gasteiger partial charge in [-0.1, -0.05) is 6.07 Å². The van der Waals surface area contributed by atoms with Gasteiger partial charge < -0.3 is 9.30 Å². The lowest BCUT2D eigenvalue weighted by atomic mass is 10.3. The van der Waals surface area contributed by atoms with Crippen molar-refractivity contribution >= 4 is 27.0 Å². The van der Waals surface area contributed by atoms with Crippen molar-refractivity contribution in [2.24, 2.45) is 0 Å². The van der Waals surface area contributed by atoms with Crippen LogP contribution in [0.1, 0.15) is 23.2 Å². The van der Waals surface area contributed by atoms with Gasteiger partial charge in [0, 0.05) is 26.8 Å². The average Bonchev–Trinajstić information content (AvgIpc) is 3.03. The highest BCUT2D eigenvalue weighted by Crippen LogP contribution is 2.22. The molecule has 2 aromatic heterocycles. The number of aryl methyl sites for hydroxylation is 1. The fraction of sp³-hybridized carbons (Fsp3) is 0.278. The number of rotatable bonds is 6. The molecule has 0 fully saturated rings. The van der Waals surface area contributed by atoms with Crippen LogP contribution in [0.3, 0.4) is 0 Å². The third-order valence-corrected chi connectivity index (χ3v) is 5.91. The van der Waals surface area contributed by atoms with Gasteiger partial charge in [-0.05, 0) is 37.3 Å². The number of imidazole rings is 1. The molecule has 0 aliphatic carbocycles. The molecule has 3 rings (SSSR count). The number of nitrogens with zero attached hydrogens (tertiary/aromatic N) is 4. The minimum atomic E-state index is -3.55. The van der Waals surface area contributed by atoms with E-state index in [1.807, 2.05) is 11.5 Å². The minimum absolute atomic E-state index is 0.0340. The van der Waals surface area contributed by atoms with Crippen LogP contribution in [0.2, 0.25) is 0 Å². The van der Waals surface area contributed by atoms with E-state index in [4.69, 9.17) is 4.74 Å². The fourth-order valence-corrected chi connectivity index (χ4v) is 3.60. The van der Waals surface area contributed by atoms with E-state index >= 15 is 0 Å². The van der Waals surface area contributed by atoms with Crippen molar-refractivity contribution in [2.75, 3.05) is 14.1 Å². The largest absolute Gasteiger partial charge is 0.453 e. The summed E-state index contributed by atoms with van der Waals surface area (Å²) in [5, 5.41) is 0. The van der Waals surface area contributed by atoms with Gasteiger partial charge >= 0.3 is 5.97 Å². The molecule has 9 heteroatoms. The smallest absolute Gasteiger partial charge is 0.357 e. The maximum Gasteiger partial charge on any atom is 0.357 e. The normalized spacial score (nSPS) is 11.9. The van der Waals surface area contributed by atoms with Crippen LogP contribution >= 0.6 is 0 Å². The first kappa shape index (κ1) is 19.0. The topological polar surface area (TPSA) is 94.4 Å². The van der Waals surface area contributed by atoms with Crippen molar-refractivity contribution in [1.29, 1.82) is 0 Å². The molecule has 0 N–H and O–H groups in total. The van der Waals surface area contributed by atoms with E-state index in [0.29, 0.717) is 17.9 Å². The van der Waals surface area contributed by atoms with Crippen LogP contribution in [0.25, 0.3) is 11.0 Å². The van der Waals surface area contributed by atoms with Gasteiger partial charge in [0.05, 0.1) is 15.9 Å². The van der Waals surface area contributed by atoms with E-state index in [-0.39, 0.29) is 17.2 Å². The molecule has 0 amide bonds. The molecule has 142 valence electrons. The Bertz CT molecular complexity index is 1080. The highest BCUT2D eigenvalue weighted by molar-refractivity contribution is 7.89. The molecule has 8 nitrogen and oxygen atoms in total. The lowest BCUT2D eigenvalue weighted by molar-refractivity contribution is 0.0451. The molecule has 0 saturated carbocycles. The molecule has 27 heavy (non-hydrogen) atoms. The summed E-state index contributed by atoms with van der Waals surface area (Å²) in [5.74, 6) is -0.00244. The summed E-state index contributed by atoms with van der Waals surface area (Å²) in [6, 6.07) is 9.79. The Morgan fingerprint density at radius 2 is 2.00 bits per heavy atom. The zero-order chi connectivity index (χ0) is 19.6. The van der Waals surface area contributed by atoms with Crippen molar-refractivity contribution in [3.63, 3.8) is 0 Å². The maximum absolute atomic E-state index is 12.3. The molecular formula is C18H20N4O4S. The van der Waals surface area contributed by atoms with Crippen LogP contribution in [0.4, 0.5) is 0 Å². The van der Waals surface area contributed by atoms with E-state index in [1.165, 1.54) is 26.4 Å². The van der Waals surface area contributed by atoms with E-state index in [9.17, 15) is 13.2 Å². The van der Waals surface area contributed by atoms with Gasteiger partial charge in [0.1, 0.15) is 18.1 Å². The Balaban J connectivity index is 1.91. The Kier molecular flexibility index (Phi) is 5.24. The van der Waals surface area contributed by atoms with Crippen LogP contribution in [-0.2, 0) is 27.9 Å². The molecule has 0 bridgehead atoms. The quantitative estimate of drug-likeness (QED) is 0.600. The van der Waals surface area contributed by atoms with Crippen LogP contribution in [0, 0.1) is 0 Å². The van der Waals surface area contributed by atoms with Crippen LogP contribution < -0.4 is 0 Å². The predicted octanol–water partition coefficient (Wildman–Crippen LogP) is 2.06. The molecule has 0 radical (unpaired) electrons. The molecule has 0 aliphatic heterocycles. The predicted molar refractivity (Wildman–Crippen MR) is 99.6 cm³/mol. The number of esters is 1. The third kappa shape index (κ3) is 3.69. The molecule has 0 spiro atoms. The van der Waals surface area contributed by atoms with Gasteiger partial charge in [0.15, 0.2) is 0 Å². The Hall–Kier alpha value is -2.78. The van der Waals surface area contributed by atoms with Crippen molar-refractivity contribution < 1.29 is 17.9 Å².